The smallest absolute Gasteiger partial charge is 0.300 e. The SMILES string of the molecule is CC(=O)O.COCn1ccc2ncnc(Oc3ccc(N)cc3F)c21.COCn1ccc2ncnc(Oc3ccc(NC(=S)NC(=O)Cc4ccccc4)cc3F)c21.COCn1ccc2ncnc(Oc3ccc([N+](=O)[O-])cc3F)c21.Clc1ncnc2cc[nH]c12.O=[N+]([O-])c1ccc(O)c(F)c1.O=[N+]([O-])c1ccc(Oc2ncnc3cc[nH]c23)c(F)c1.[Fe]. The van der Waals surface area contributed by atoms with Crippen molar-refractivity contribution in [2.75, 3.05) is 32.4 Å². The number of nitrogens with one attached hydrogen (secondary N) is 4. The Morgan fingerprint density at radius 3 is 1.28 bits per heavy atom. The van der Waals surface area contributed by atoms with Gasteiger partial charge in [-0.15, -0.1) is 0 Å². The largest absolute Gasteiger partial charge is 0.505 e. The number of phenolic OH excluding ortho intramolecular Hbond substituents is 1. The van der Waals surface area contributed by atoms with Gasteiger partial charge in [0.15, 0.2) is 68.1 Å². The van der Waals surface area contributed by atoms with Gasteiger partial charge in [0, 0.05) is 118 Å². The average molecular weight is 1770 g/mol. The van der Waals surface area contributed by atoms with Crippen molar-refractivity contribution in [2.24, 2.45) is 0 Å². The number of carbonyl (C=O) groups is 2. The van der Waals surface area contributed by atoms with Crippen molar-refractivity contribution in [3.63, 3.8) is 0 Å². The number of halogens is 6. The number of aromatic hydroxyl groups is 1. The number of nitro benzene ring substituents is 3. The molecule has 0 fully saturated rings. The summed E-state index contributed by atoms with van der Waals surface area (Å²) in [4.78, 5) is 96.4. The molecule has 16 aromatic rings. The van der Waals surface area contributed by atoms with Gasteiger partial charge < -0.3 is 83.4 Å². The number of methoxy groups -OCH3 is 3. The minimum atomic E-state index is -0.987. The first-order valence-corrected chi connectivity index (χ1v) is 35.5. The molecule has 0 aliphatic heterocycles. The van der Waals surface area contributed by atoms with Gasteiger partial charge in [-0.1, -0.05) is 41.9 Å². The molecular weight excluding hydrogens is 1710 g/mol. The molecule has 0 atom stereocenters. The number of benzene rings is 6. The molecule has 123 heavy (non-hydrogen) atoms. The van der Waals surface area contributed by atoms with Gasteiger partial charge in [-0.05, 0) is 90.6 Å². The number of nitro groups is 3. The van der Waals surface area contributed by atoms with Crippen LogP contribution in [0.3, 0.4) is 0 Å². The Hall–Kier alpha value is -15.4. The summed E-state index contributed by atoms with van der Waals surface area (Å²) in [5.41, 5.74) is 12.5. The van der Waals surface area contributed by atoms with E-state index in [9.17, 15) is 57.1 Å². The van der Waals surface area contributed by atoms with Gasteiger partial charge in [-0.3, -0.25) is 39.9 Å². The van der Waals surface area contributed by atoms with Crippen LogP contribution in [0.1, 0.15) is 12.5 Å². The normalized spacial score (nSPS) is 10.4. The predicted molar refractivity (Wildman–Crippen MR) is 433 cm³/mol. The molecule has 10 aromatic heterocycles. The Labute approximate surface area is 709 Å². The average Bonchev–Trinajstić information content (AvgIpc) is 1.58. The number of aliphatic carboxylic acids is 1. The maximum atomic E-state index is 14.7. The molecule has 6 aromatic carbocycles. The minimum Gasteiger partial charge on any atom is -0.505 e. The minimum absolute atomic E-state index is 0. The summed E-state index contributed by atoms with van der Waals surface area (Å²) in [7, 11) is 4.68. The fraction of sp³-hybridized carbons (Fsp3) is 0.104. The van der Waals surface area contributed by atoms with E-state index in [4.69, 9.17) is 77.7 Å². The molecule has 0 spiro atoms. The van der Waals surface area contributed by atoms with Crippen LogP contribution in [0, 0.1) is 59.4 Å². The topological polar surface area (TPSA) is 494 Å². The molecule has 634 valence electrons. The van der Waals surface area contributed by atoms with Gasteiger partial charge in [0.25, 0.3) is 23.0 Å². The van der Waals surface area contributed by atoms with Crippen LogP contribution in [-0.2, 0) is 67.5 Å². The molecule has 8 N–H and O–H groups in total. The van der Waals surface area contributed by atoms with E-state index >= 15 is 0 Å². The number of anilines is 2. The molecule has 0 bridgehead atoms. The van der Waals surface area contributed by atoms with Crippen LogP contribution in [0.15, 0.2) is 214 Å². The van der Waals surface area contributed by atoms with Crippen molar-refractivity contribution >= 4 is 124 Å². The summed E-state index contributed by atoms with van der Waals surface area (Å²) in [6.07, 6.45) is 15.7. The number of H-pyrrole nitrogens is 2. The summed E-state index contributed by atoms with van der Waals surface area (Å²) in [5, 5.41) is 53.2. The predicted octanol–water partition coefficient (Wildman–Crippen LogP) is 15.4. The van der Waals surface area contributed by atoms with Crippen molar-refractivity contribution in [3.8, 4) is 52.3 Å². The fourth-order valence-electron chi connectivity index (χ4n) is 10.5. The van der Waals surface area contributed by atoms with E-state index in [2.05, 4.69) is 70.4 Å². The Kier molecular flexibility index (Phi) is 32.6. The van der Waals surface area contributed by atoms with E-state index < -0.39 is 55.6 Å². The van der Waals surface area contributed by atoms with Crippen LogP contribution >= 0.6 is 23.8 Å². The van der Waals surface area contributed by atoms with E-state index in [1.165, 1.54) is 75.1 Å². The van der Waals surface area contributed by atoms with E-state index in [0.717, 1.165) is 59.9 Å². The summed E-state index contributed by atoms with van der Waals surface area (Å²) < 4.78 is 111. The first-order chi connectivity index (χ1) is 58.7. The van der Waals surface area contributed by atoms with Crippen molar-refractivity contribution in [1.29, 1.82) is 0 Å². The number of nitrogens with zero attached hydrogens (tertiary/aromatic N) is 16. The van der Waals surface area contributed by atoms with Crippen molar-refractivity contribution in [1.82, 2.24) is 78.8 Å². The summed E-state index contributed by atoms with van der Waals surface area (Å²) in [5.74, 6) is -5.10. The Bertz CT molecular complexity index is 6420. The summed E-state index contributed by atoms with van der Waals surface area (Å²) >= 11 is 10.9. The number of amides is 1. The number of nitrogen functional groups attached to an aromatic ring is 1. The Morgan fingerprint density at radius 2 is 0.870 bits per heavy atom. The second-order valence-electron chi connectivity index (χ2n) is 24.2. The van der Waals surface area contributed by atoms with Crippen molar-refractivity contribution < 1.29 is 107 Å². The zero-order valence-electron chi connectivity index (χ0n) is 63.8. The molecule has 0 saturated carbocycles. The third-order valence-corrected chi connectivity index (χ3v) is 16.3. The molecule has 1 amide bonds. The standard InChI is InChI=1S/C23H20FN5O3S.C14H11FN4O4.C14H13FN4O2.C12H7FN4O3.C6H4ClN3.C6H4FNO3.C2H4O2.Fe/c1-31-14-29-10-9-18-21(29)22(26-13-25-18)32-19-8-7-16(12-17(19)24)27-23(33)28-20(30)11-15-5-3-2-4-6-15;1-22-8-18-5-4-11-13(18)14(17-7-16-11)23-12-3-2-9(19(20)21)6-10(12)15;1-20-8-19-5-4-11-13(19)14(18-7-17-11)21-12-3-2-9(16)6-10(12)15;13-8-5-7(17(18)19)1-2-10(8)20-12-11-9(3-4-14-11)15-6-16-12;7-6-5-4(1-2-8-5)9-3-10-6;7-5-3-4(8(10)11)1-2-6(5)9;1-2(3)4;/h2-10,12-13H,11,14H2,1H3,(H2,27,28,30,33);2-7H,8H2,1H3;2-7H,8,16H2,1H3;1-6,14H;1-3,8H;1-3,9H;1H3,(H,3,4);. The Morgan fingerprint density at radius 1 is 0.496 bits per heavy atom. The third kappa shape index (κ3) is 25.1. The number of phenols is 1. The Balaban J connectivity index is 0.000000172. The zero-order chi connectivity index (χ0) is 87.5. The molecule has 0 aliphatic carbocycles. The number of aromatic nitrogens is 15. The van der Waals surface area contributed by atoms with Gasteiger partial charge in [0.05, 0.1) is 67.0 Å². The third-order valence-electron chi connectivity index (χ3n) is 15.8. The first kappa shape index (κ1) is 91.5. The quantitative estimate of drug-likeness (QED) is 0.00708. The number of carboxylic acid groups (broad SMARTS) is 1. The number of aromatic amines is 2. The van der Waals surface area contributed by atoms with Gasteiger partial charge in [0.1, 0.15) is 79.4 Å². The van der Waals surface area contributed by atoms with Crippen molar-refractivity contribution in [3.05, 3.63) is 284 Å². The van der Waals surface area contributed by atoms with Gasteiger partial charge >= 0.3 is 0 Å². The van der Waals surface area contributed by atoms with Crippen LogP contribution < -0.4 is 35.3 Å². The molecule has 38 nitrogen and oxygen atoms in total. The van der Waals surface area contributed by atoms with Crippen LogP contribution in [0.4, 0.5) is 50.4 Å². The number of carboxylic acids is 1. The molecule has 0 saturated heterocycles. The number of thiocarbonyl (C=S) groups is 1. The van der Waals surface area contributed by atoms with E-state index in [-0.39, 0.29) is 112 Å². The number of carbonyl (C=O) groups excluding carboxylic acids is 1. The van der Waals surface area contributed by atoms with Gasteiger partial charge in [-0.25, -0.2) is 51.9 Å². The zero-order valence-corrected chi connectivity index (χ0v) is 66.5. The van der Waals surface area contributed by atoms with E-state index in [1.54, 1.807) is 89.2 Å². The summed E-state index contributed by atoms with van der Waals surface area (Å²) in [6.45, 7) is 1.92. The number of nitrogens with two attached hydrogens (primary N) is 1. The van der Waals surface area contributed by atoms with E-state index in [1.807, 2.05) is 42.5 Å². The molecule has 0 aliphatic rings. The van der Waals surface area contributed by atoms with Crippen molar-refractivity contribution in [2.45, 2.75) is 33.5 Å². The molecule has 10 heterocycles. The fourth-order valence-corrected chi connectivity index (χ4v) is 10.9. The van der Waals surface area contributed by atoms with Gasteiger partial charge in [0.2, 0.25) is 29.4 Å². The van der Waals surface area contributed by atoms with Crippen LogP contribution in [0.5, 0.6) is 52.3 Å². The number of hydrogen-bond acceptors (Lipinski definition) is 28. The number of fused-ring (bicyclic) bond motifs is 5. The number of non-ortho nitro benzene ring substituents is 3. The molecule has 16 rings (SSSR count). The molecule has 46 heteroatoms. The van der Waals surface area contributed by atoms with Crippen LogP contribution in [-0.4, -0.2) is 137 Å². The monoisotopic (exact) mass is 1770 g/mol. The maximum Gasteiger partial charge on any atom is 0.300 e. The second-order valence-corrected chi connectivity index (χ2v) is 25.0. The van der Waals surface area contributed by atoms with Gasteiger partial charge in [-0.2, -0.15) is 19.9 Å². The maximum absolute atomic E-state index is 14.7. The second kappa shape index (κ2) is 43.9. The number of ether oxygens (including phenoxy) is 7. The number of hydrogen-bond donors (Lipinski definition) is 7. The molecular formula is C77H63ClF5FeN21O17S. The number of rotatable bonds is 20. The van der Waals surface area contributed by atoms with Crippen LogP contribution in [0.2, 0.25) is 5.15 Å². The summed E-state index contributed by atoms with van der Waals surface area (Å²) in [6, 6.07) is 35.6. The molecule has 0 unspecified atom stereocenters. The van der Waals surface area contributed by atoms with Crippen LogP contribution in [0.25, 0.3) is 55.2 Å². The first-order valence-electron chi connectivity index (χ1n) is 34.7. The van der Waals surface area contributed by atoms with E-state index in [0.29, 0.717) is 73.5 Å². The molecule has 0 radical (unpaired) electrons.